The molecule has 0 spiro atoms. The predicted octanol–water partition coefficient (Wildman–Crippen LogP) is 2.37. The van der Waals surface area contributed by atoms with Crippen molar-refractivity contribution in [3.05, 3.63) is 94.6 Å². The van der Waals surface area contributed by atoms with Gasteiger partial charge in [-0.1, -0.05) is 37.8 Å². The first-order valence-corrected chi connectivity index (χ1v) is 25.1. The van der Waals surface area contributed by atoms with Gasteiger partial charge < -0.3 is 70.6 Å². The number of aliphatic hydroxyl groups excluding tert-OH is 1. The van der Waals surface area contributed by atoms with Gasteiger partial charge in [-0.05, 0) is 63.6 Å². The van der Waals surface area contributed by atoms with Crippen LogP contribution in [-0.2, 0) is 43.6 Å². The van der Waals surface area contributed by atoms with E-state index in [1.807, 2.05) is 37.5 Å². The number of ether oxygens (including phenoxy) is 2. The quantitative estimate of drug-likeness (QED) is 0.0196. The van der Waals surface area contributed by atoms with Gasteiger partial charge in [0, 0.05) is 96.7 Å². The molecule has 1 radical (unpaired) electrons. The van der Waals surface area contributed by atoms with Crippen molar-refractivity contribution in [1.82, 2.24) is 54.2 Å². The number of fused-ring (bicyclic) bond motifs is 2. The van der Waals surface area contributed by atoms with Crippen molar-refractivity contribution in [2.45, 2.75) is 79.6 Å². The molecule has 4 aromatic heterocycles. The number of aromatic nitrogens is 8. The number of carbonyl (C=O) groups excluding carboxylic acids is 9. The number of anilines is 2. The average molecular weight is 1360 g/mol. The molecule has 0 aliphatic rings. The molecule has 6 aromatic rings. The Morgan fingerprint density at radius 3 is 1.94 bits per heavy atom. The molecule has 0 saturated carbocycles. The smallest absolute Gasteiger partial charge is 0.276 e. The number of imidazole rings is 2. The van der Waals surface area contributed by atoms with Gasteiger partial charge in [-0.2, -0.15) is 5.10 Å². The zero-order chi connectivity index (χ0) is 59.6. The van der Waals surface area contributed by atoms with Gasteiger partial charge in [0.25, 0.3) is 5.91 Å². The standard InChI is InChI=1S/C45H55N13O10.C5H6N2O.C2H6.CH4O.Es/c1-7-58-33(22-27(2)53-58)42(65)52-45-51-31-23-28(40(46)63)25-34(67-6)38(31)57(45)17-9-8-16-56-39-32(50-44(56)48-3)24-29(41(47)64)26-35(39)68-21-11-15-55(5)43(66)30(14-20-60)49-36(61)13-18-54(4)37(62)12-10-19-59;1-4-2-5(3-8)7-6-4;2*1-2;/h8-10,12,19-20,22-26,30H,7,11,13-18,21H2,1-6H3,(H2,46,63)(H2,47,64)(H,48,50)(H,49,61)(H,51,52,65);2-3H,1H3,(H,6,7,8);1-2H3;2H,1H3;/p-1/b9-8+,12-10-;;;;. The zero-order valence-corrected chi connectivity index (χ0v) is 49.3. The van der Waals surface area contributed by atoms with Crippen molar-refractivity contribution in [2.75, 3.05) is 65.7 Å². The summed E-state index contributed by atoms with van der Waals surface area (Å²) in [6.07, 6.45) is 7.32. The molecule has 27 nitrogen and oxygen atoms in total. The molecule has 8 N–H and O–H groups in total. The predicted molar refractivity (Wildman–Crippen MR) is 297 cm³/mol. The normalized spacial score (nSPS) is 10.9. The summed E-state index contributed by atoms with van der Waals surface area (Å²) in [5, 5.41) is 27.0. The number of nitrogens with two attached hydrogens (primary N) is 2. The number of allylic oxidation sites excluding steroid dienone is 3. The Kier molecular flexibility index (Phi) is 27.1. The number of nitrogens with one attached hydrogen (secondary N) is 3. The summed E-state index contributed by atoms with van der Waals surface area (Å²) >= 11 is 0. The molecule has 0 saturated heterocycles. The van der Waals surface area contributed by atoms with Crippen LogP contribution in [0, 0.1) is 13.8 Å². The van der Waals surface area contributed by atoms with Crippen LogP contribution in [0.5, 0.6) is 11.5 Å². The summed E-state index contributed by atoms with van der Waals surface area (Å²) in [6, 6.07) is 8.22. The van der Waals surface area contributed by atoms with E-state index in [1.54, 1.807) is 48.3 Å². The summed E-state index contributed by atoms with van der Waals surface area (Å²) < 4.78 is 17.0. The van der Waals surface area contributed by atoms with Crippen molar-refractivity contribution >= 4 is 88.3 Å². The summed E-state index contributed by atoms with van der Waals surface area (Å²) in [5.41, 5.74) is 15.6. The Labute approximate surface area is 461 Å². The fourth-order valence-electron chi connectivity index (χ4n) is 7.69. The third-order valence-electron chi connectivity index (χ3n) is 11.4. The average Bonchev–Trinajstić information content (AvgIpc) is 4.30. The number of methoxy groups -OCH3 is 1. The van der Waals surface area contributed by atoms with Gasteiger partial charge >= 0.3 is 0 Å². The summed E-state index contributed by atoms with van der Waals surface area (Å²) in [4.78, 5) is 120. The van der Waals surface area contributed by atoms with E-state index in [0.29, 0.717) is 82.7 Å². The van der Waals surface area contributed by atoms with Crippen LogP contribution in [0.1, 0.15) is 93.1 Å². The van der Waals surface area contributed by atoms with E-state index in [-0.39, 0.29) is 68.5 Å². The number of carbonyl (C=O) groups is 9. The van der Waals surface area contributed by atoms with E-state index in [4.69, 9.17) is 26.0 Å². The SMILES string of the molecule is CC.CCn1nc(C)cc1C(=O)Nc1nc2cc(C(N)=O)cc(OC)c2n1C/C=C/Cn1c(NC)nc2cc(C(N)=O)cc(OCCCN(C)C(=O)C(CC=O)NC(=O)CCN(C)C(=O)/C=C\C=O)c21.CO.Cc1cc(C=O)[n-]n1.[Es]. The Hall–Kier alpha value is -10.5. The molecule has 1 unspecified atom stereocenters. The number of hydrogen-bond donors (Lipinski definition) is 6. The van der Waals surface area contributed by atoms with Crippen molar-refractivity contribution < 1.29 is 57.7 Å². The van der Waals surface area contributed by atoms with E-state index in [0.717, 1.165) is 25.0 Å². The molecule has 1 atom stereocenters. The number of nitrogens with zero attached hydrogens (tertiary/aromatic N) is 10. The monoisotopic (exact) mass is 1360 g/mol. The van der Waals surface area contributed by atoms with E-state index >= 15 is 0 Å². The van der Waals surface area contributed by atoms with Gasteiger partial charge in [0.05, 0.1) is 30.4 Å². The molecule has 0 aliphatic carbocycles. The summed E-state index contributed by atoms with van der Waals surface area (Å²) in [5.74, 6) is -2.20. The summed E-state index contributed by atoms with van der Waals surface area (Å²) in [7, 11) is 7.10. The van der Waals surface area contributed by atoms with E-state index in [9.17, 15) is 43.2 Å². The molecule has 2 aromatic carbocycles. The van der Waals surface area contributed by atoms with Crippen LogP contribution in [0.2, 0.25) is 0 Å². The molecule has 0 aliphatic heterocycles. The molecule has 441 valence electrons. The number of rotatable bonds is 26. The minimum atomic E-state index is -1.15. The Balaban J connectivity index is 0.00000155. The fourth-order valence-corrected chi connectivity index (χ4v) is 7.69. The van der Waals surface area contributed by atoms with Crippen LogP contribution in [0.15, 0.2) is 60.7 Å². The molecule has 4 heterocycles. The topological polar surface area (TPSA) is 367 Å². The van der Waals surface area contributed by atoms with Gasteiger partial charge in [0.15, 0.2) is 0 Å². The van der Waals surface area contributed by atoms with Gasteiger partial charge in [-0.15, -0.1) is 0 Å². The van der Waals surface area contributed by atoms with Gasteiger partial charge in [-0.25, -0.2) is 9.97 Å². The zero-order valence-electron chi connectivity index (χ0n) is 46.8. The first-order valence-electron chi connectivity index (χ1n) is 25.1. The molecule has 6 rings (SSSR count). The second-order valence-electron chi connectivity index (χ2n) is 16.9. The second kappa shape index (κ2) is 32.9. The first-order chi connectivity index (χ1) is 38.4. The number of aliphatic hydroxyl groups is 1. The largest absolute Gasteiger partial charge is 0.573 e. The number of primary amides is 2. The number of benzene rings is 2. The first kappa shape index (κ1) is 66.6. The van der Waals surface area contributed by atoms with Crippen molar-refractivity contribution in [2.24, 2.45) is 11.5 Å². The van der Waals surface area contributed by atoms with Gasteiger partial charge in [0.2, 0.25) is 41.4 Å². The molecular weight excluding hydrogens is 1290 g/mol. The van der Waals surface area contributed by atoms with Crippen LogP contribution in [0.4, 0.5) is 11.9 Å². The maximum atomic E-state index is 13.6. The van der Waals surface area contributed by atoms with Crippen LogP contribution >= 0.6 is 0 Å². The maximum Gasteiger partial charge on any atom is 0.276 e. The van der Waals surface area contributed by atoms with Crippen LogP contribution in [0.3, 0.4) is 0 Å². The Bertz CT molecular complexity index is 3190. The molecule has 0 bridgehead atoms. The van der Waals surface area contributed by atoms with Crippen LogP contribution in [-0.4, -0.2) is 164 Å². The molecular formula is C53H70EsN15O12-. The van der Waals surface area contributed by atoms with E-state index in [1.165, 1.54) is 49.2 Å². The number of likely N-dealkylation sites (N-methyl/N-ethyl adjacent to an activating group) is 2. The summed E-state index contributed by atoms with van der Waals surface area (Å²) in [6.45, 7) is 10.5. The third-order valence-corrected chi connectivity index (χ3v) is 11.4. The Morgan fingerprint density at radius 1 is 0.827 bits per heavy atom. The number of aryl methyl sites for hydroxylation is 3. The van der Waals surface area contributed by atoms with Crippen molar-refractivity contribution in [3.8, 4) is 11.5 Å². The van der Waals surface area contributed by atoms with E-state index in [2.05, 4.69) is 41.2 Å². The Morgan fingerprint density at radius 2 is 1.42 bits per heavy atom. The van der Waals surface area contributed by atoms with Crippen LogP contribution < -0.4 is 42.0 Å². The van der Waals surface area contributed by atoms with E-state index < -0.39 is 41.5 Å². The third kappa shape index (κ3) is 18.0. The molecule has 28 heteroatoms. The number of amides is 6. The van der Waals surface area contributed by atoms with Crippen molar-refractivity contribution in [1.29, 1.82) is 0 Å². The second-order valence-corrected chi connectivity index (χ2v) is 16.9. The number of hydrogen-bond acceptors (Lipinski definition) is 17. The maximum absolute atomic E-state index is 13.6. The molecule has 81 heavy (non-hydrogen) atoms. The van der Waals surface area contributed by atoms with Crippen molar-refractivity contribution in [3.63, 3.8) is 0 Å². The van der Waals surface area contributed by atoms with Gasteiger partial charge in [-0.3, -0.25) is 48.4 Å². The minimum absolute atomic E-state index is 0. The number of aldehydes is 3. The fraction of sp³-hybridized carbons (Fsp3) is 0.377. The molecule has 6 amide bonds. The minimum Gasteiger partial charge on any atom is -0.573 e. The van der Waals surface area contributed by atoms with Gasteiger partial charge in [0.1, 0.15) is 53.1 Å². The molecule has 0 fully saturated rings. The van der Waals surface area contributed by atoms with Crippen LogP contribution in [0.25, 0.3) is 22.1 Å².